The average Bonchev–Trinajstić information content (AvgIpc) is 2.97. The maximum atomic E-state index is 11.9. The van der Waals surface area contributed by atoms with Crippen molar-refractivity contribution in [1.29, 1.82) is 0 Å². The van der Waals surface area contributed by atoms with Gasteiger partial charge in [0.1, 0.15) is 5.82 Å². The van der Waals surface area contributed by atoms with E-state index in [4.69, 9.17) is 5.11 Å². The minimum Gasteiger partial charge on any atom is -0.481 e. The van der Waals surface area contributed by atoms with Crippen molar-refractivity contribution in [2.75, 3.05) is 0 Å². The van der Waals surface area contributed by atoms with Crippen LogP contribution in [0, 0.1) is 0 Å². The summed E-state index contributed by atoms with van der Waals surface area (Å²) in [6.45, 7) is 2.12. The summed E-state index contributed by atoms with van der Waals surface area (Å²) in [4.78, 5) is 31.6. The third-order valence-electron chi connectivity index (χ3n) is 3.86. The summed E-state index contributed by atoms with van der Waals surface area (Å²) in [5.41, 5.74) is 2.91. The molecule has 0 aliphatic heterocycles. The average molecular weight is 323 g/mol. The summed E-state index contributed by atoms with van der Waals surface area (Å²) >= 11 is 0. The van der Waals surface area contributed by atoms with Crippen molar-refractivity contribution in [2.45, 2.75) is 26.3 Å². The number of hydrogen-bond acceptors (Lipinski definition) is 4. The van der Waals surface area contributed by atoms with Crippen LogP contribution in [-0.2, 0) is 11.3 Å². The summed E-state index contributed by atoms with van der Waals surface area (Å²) in [7, 11) is 0. The summed E-state index contributed by atoms with van der Waals surface area (Å²) in [6, 6.07) is 9.04. The lowest BCUT2D eigenvalue weighted by atomic mass is 10.1. The Balaban J connectivity index is 2.15. The van der Waals surface area contributed by atoms with E-state index in [9.17, 15) is 9.59 Å². The van der Waals surface area contributed by atoms with Gasteiger partial charge in [0, 0.05) is 36.5 Å². The normalized spacial score (nSPS) is 10.9. The van der Waals surface area contributed by atoms with Gasteiger partial charge in [-0.25, -0.2) is 4.98 Å². The standard InChI is InChI=1S/C18H17N3O3/c1-2-16(22)12-5-6-15-14(10-12)20-18(13-4-3-8-19-11-13)21(15)9-7-17(23)24/h3-6,8,10-11H,2,7,9H2,1H3,(H,23,24). The minimum absolute atomic E-state index is 0.00559. The summed E-state index contributed by atoms with van der Waals surface area (Å²) in [5.74, 6) is -0.160. The van der Waals surface area contributed by atoms with Gasteiger partial charge in [-0.15, -0.1) is 0 Å². The van der Waals surface area contributed by atoms with Crippen LogP contribution < -0.4 is 0 Å². The number of aromatic nitrogens is 3. The first kappa shape index (κ1) is 15.9. The van der Waals surface area contributed by atoms with Crippen LogP contribution in [0.1, 0.15) is 30.1 Å². The van der Waals surface area contributed by atoms with Crippen LogP contribution in [0.4, 0.5) is 0 Å². The van der Waals surface area contributed by atoms with E-state index in [0.717, 1.165) is 11.1 Å². The van der Waals surface area contributed by atoms with Crippen molar-refractivity contribution in [1.82, 2.24) is 14.5 Å². The number of fused-ring (bicyclic) bond motifs is 1. The predicted octanol–water partition coefficient (Wildman–Crippen LogP) is 3.17. The van der Waals surface area contributed by atoms with Crippen LogP contribution in [0.15, 0.2) is 42.7 Å². The van der Waals surface area contributed by atoms with Crippen LogP contribution >= 0.6 is 0 Å². The molecule has 0 bridgehead atoms. The van der Waals surface area contributed by atoms with E-state index in [1.54, 1.807) is 24.5 Å². The van der Waals surface area contributed by atoms with Crippen molar-refractivity contribution in [2.24, 2.45) is 0 Å². The van der Waals surface area contributed by atoms with Crippen LogP contribution in [0.25, 0.3) is 22.4 Å². The second-order valence-electron chi connectivity index (χ2n) is 5.45. The lowest BCUT2D eigenvalue weighted by Crippen LogP contribution is -2.06. The zero-order valence-corrected chi connectivity index (χ0v) is 13.3. The van der Waals surface area contributed by atoms with Gasteiger partial charge in [0.15, 0.2) is 5.78 Å². The van der Waals surface area contributed by atoms with Gasteiger partial charge in [-0.3, -0.25) is 14.6 Å². The van der Waals surface area contributed by atoms with Crippen molar-refractivity contribution in [3.8, 4) is 11.4 Å². The molecule has 0 unspecified atom stereocenters. The molecule has 0 atom stereocenters. The number of pyridine rings is 1. The van der Waals surface area contributed by atoms with Gasteiger partial charge < -0.3 is 9.67 Å². The van der Waals surface area contributed by atoms with Gasteiger partial charge in [0.05, 0.1) is 17.5 Å². The number of ketones is 1. The number of carboxylic acid groups (broad SMARTS) is 1. The number of benzene rings is 1. The van der Waals surface area contributed by atoms with Gasteiger partial charge >= 0.3 is 5.97 Å². The van der Waals surface area contributed by atoms with Crippen LogP contribution in [0.3, 0.4) is 0 Å². The molecule has 6 heteroatoms. The van der Waals surface area contributed by atoms with Crippen molar-refractivity contribution >= 4 is 22.8 Å². The fourth-order valence-corrected chi connectivity index (χ4v) is 2.66. The quantitative estimate of drug-likeness (QED) is 0.704. The molecule has 0 fully saturated rings. The SMILES string of the molecule is CCC(=O)c1ccc2c(c1)nc(-c1cccnc1)n2CCC(=O)O. The molecule has 6 nitrogen and oxygen atoms in total. The number of imidazole rings is 1. The van der Waals surface area contributed by atoms with E-state index in [-0.39, 0.29) is 12.2 Å². The molecular weight excluding hydrogens is 306 g/mol. The minimum atomic E-state index is -0.869. The first-order valence-electron chi connectivity index (χ1n) is 7.76. The Morgan fingerprint density at radius 1 is 1.25 bits per heavy atom. The molecule has 2 aromatic heterocycles. The third-order valence-corrected chi connectivity index (χ3v) is 3.86. The second kappa shape index (κ2) is 6.62. The second-order valence-corrected chi connectivity index (χ2v) is 5.45. The van der Waals surface area contributed by atoms with Gasteiger partial charge in [0.25, 0.3) is 0 Å². The number of carbonyl (C=O) groups is 2. The Morgan fingerprint density at radius 2 is 2.08 bits per heavy atom. The molecule has 0 radical (unpaired) electrons. The highest BCUT2D eigenvalue weighted by Crippen LogP contribution is 2.26. The van der Waals surface area contributed by atoms with E-state index >= 15 is 0 Å². The number of carboxylic acids is 1. The maximum absolute atomic E-state index is 11.9. The molecule has 0 saturated carbocycles. The molecule has 122 valence electrons. The molecule has 0 aliphatic rings. The molecule has 0 spiro atoms. The Bertz CT molecular complexity index is 901. The van der Waals surface area contributed by atoms with E-state index in [1.807, 2.05) is 29.7 Å². The van der Waals surface area contributed by atoms with Gasteiger partial charge in [0.2, 0.25) is 0 Å². The van der Waals surface area contributed by atoms with Crippen molar-refractivity contribution in [3.63, 3.8) is 0 Å². The largest absolute Gasteiger partial charge is 0.481 e. The Labute approximate surface area is 138 Å². The predicted molar refractivity (Wildman–Crippen MR) is 89.8 cm³/mol. The first-order chi connectivity index (χ1) is 11.6. The Kier molecular flexibility index (Phi) is 4.37. The zero-order valence-electron chi connectivity index (χ0n) is 13.3. The first-order valence-corrected chi connectivity index (χ1v) is 7.76. The van der Waals surface area contributed by atoms with Crippen LogP contribution in [-0.4, -0.2) is 31.4 Å². The molecule has 0 amide bonds. The summed E-state index contributed by atoms with van der Waals surface area (Å²) in [5, 5.41) is 9.00. The lowest BCUT2D eigenvalue weighted by molar-refractivity contribution is -0.137. The topological polar surface area (TPSA) is 85.1 Å². The Morgan fingerprint density at radius 3 is 2.75 bits per heavy atom. The number of hydrogen-bond donors (Lipinski definition) is 1. The fraction of sp³-hybridized carbons (Fsp3) is 0.222. The maximum Gasteiger partial charge on any atom is 0.305 e. The van der Waals surface area contributed by atoms with Crippen LogP contribution in [0.2, 0.25) is 0 Å². The van der Waals surface area contributed by atoms with Gasteiger partial charge in [-0.1, -0.05) is 6.92 Å². The molecular formula is C18H17N3O3. The molecule has 0 saturated heterocycles. The highest BCUT2D eigenvalue weighted by atomic mass is 16.4. The molecule has 2 heterocycles. The fourth-order valence-electron chi connectivity index (χ4n) is 2.66. The highest BCUT2D eigenvalue weighted by Gasteiger charge is 2.15. The number of aryl methyl sites for hydroxylation is 1. The zero-order chi connectivity index (χ0) is 17.1. The van der Waals surface area contributed by atoms with Crippen LogP contribution in [0.5, 0.6) is 0 Å². The molecule has 3 rings (SSSR count). The Hall–Kier alpha value is -3.02. The molecule has 1 N–H and O–H groups in total. The molecule has 24 heavy (non-hydrogen) atoms. The van der Waals surface area contributed by atoms with E-state index in [2.05, 4.69) is 9.97 Å². The molecule has 0 aliphatic carbocycles. The lowest BCUT2D eigenvalue weighted by Gasteiger charge is -2.07. The van der Waals surface area contributed by atoms with Gasteiger partial charge in [-0.05, 0) is 30.3 Å². The molecule has 3 aromatic rings. The van der Waals surface area contributed by atoms with E-state index in [1.165, 1.54) is 0 Å². The number of nitrogens with zero attached hydrogens (tertiary/aromatic N) is 3. The third kappa shape index (κ3) is 3.03. The van der Waals surface area contributed by atoms with E-state index < -0.39 is 5.97 Å². The summed E-state index contributed by atoms with van der Waals surface area (Å²) < 4.78 is 1.86. The van der Waals surface area contributed by atoms with Crippen molar-refractivity contribution < 1.29 is 14.7 Å². The number of carbonyl (C=O) groups excluding carboxylic acids is 1. The van der Waals surface area contributed by atoms with Gasteiger partial charge in [-0.2, -0.15) is 0 Å². The molecule has 1 aromatic carbocycles. The number of Topliss-reactive ketones (excluding diaryl/α,β-unsaturated/α-hetero) is 1. The highest BCUT2D eigenvalue weighted by molar-refractivity contribution is 5.99. The smallest absolute Gasteiger partial charge is 0.305 e. The van der Waals surface area contributed by atoms with E-state index in [0.29, 0.717) is 29.9 Å². The number of aliphatic carboxylic acids is 1. The monoisotopic (exact) mass is 323 g/mol. The summed E-state index contributed by atoms with van der Waals surface area (Å²) in [6.07, 6.45) is 3.79. The van der Waals surface area contributed by atoms with Crippen molar-refractivity contribution in [3.05, 3.63) is 48.3 Å². The number of rotatable bonds is 6.